The summed E-state index contributed by atoms with van der Waals surface area (Å²) in [7, 11) is 1.96. The predicted molar refractivity (Wildman–Crippen MR) is 75.8 cm³/mol. The largest absolute Gasteiger partial charge is 0.301 e. The van der Waals surface area contributed by atoms with Gasteiger partial charge in [-0.2, -0.15) is 5.26 Å². The second-order valence-corrected chi connectivity index (χ2v) is 6.53. The molecule has 0 aromatic heterocycles. The molecule has 19 heavy (non-hydrogen) atoms. The molecule has 106 valence electrons. The van der Waals surface area contributed by atoms with E-state index in [1.165, 1.54) is 45.2 Å². The maximum absolute atomic E-state index is 9.60. The molecule has 0 radical (unpaired) electrons. The topological polar surface area (TPSA) is 42.3 Å². The summed E-state index contributed by atoms with van der Waals surface area (Å²) in [4.78, 5) is 5.19. The van der Waals surface area contributed by atoms with Crippen LogP contribution in [0.3, 0.4) is 0 Å². The van der Waals surface area contributed by atoms with Crippen LogP contribution < -0.4 is 5.32 Å². The highest BCUT2D eigenvalue weighted by Gasteiger charge is 2.46. The third kappa shape index (κ3) is 2.65. The van der Waals surface area contributed by atoms with Gasteiger partial charge in [0.05, 0.1) is 6.07 Å². The molecule has 2 saturated heterocycles. The van der Waals surface area contributed by atoms with Crippen molar-refractivity contribution in [2.45, 2.75) is 43.7 Å². The van der Waals surface area contributed by atoms with E-state index in [4.69, 9.17) is 0 Å². The second-order valence-electron chi connectivity index (χ2n) is 6.53. The van der Waals surface area contributed by atoms with Crippen molar-refractivity contribution >= 4 is 0 Å². The van der Waals surface area contributed by atoms with Gasteiger partial charge in [-0.1, -0.05) is 6.42 Å². The Hall–Kier alpha value is -0.630. The molecule has 1 aliphatic carbocycles. The van der Waals surface area contributed by atoms with E-state index in [1.807, 2.05) is 7.05 Å². The maximum Gasteiger partial charge on any atom is 0.122 e. The zero-order valence-corrected chi connectivity index (χ0v) is 12.1. The number of rotatable bonds is 4. The molecule has 3 rings (SSSR count). The highest BCUT2D eigenvalue weighted by molar-refractivity contribution is 5.16. The summed E-state index contributed by atoms with van der Waals surface area (Å²) >= 11 is 0. The smallest absolute Gasteiger partial charge is 0.122 e. The van der Waals surface area contributed by atoms with Gasteiger partial charge >= 0.3 is 0 Å². The lowest BCUT2D eigenvalue weighted by molar-refractivity contribution is 0.0382. The lowest BCUT2D eigenvalue weighted by Crippen LogP contribution is -2.60. The molecule has 3 fully saturated rings. The SMILES string of the molecule is CNC(C#N)(CN1CCN2CCCCC2C1)C1CC1. The van der Waals surface area contributed by atoms with Crippen LogP contribution in [0.4, 0.5) is 0 Å². The van der Waals surface area contributed by atoms with E-state index in [0.29, 0.717) is 5.92 Å². The molecule has 1 saturated carbocycles. The van der Waals surface area contributed by atoms with Crippen LogP contribution >= 0.6 is 0 Å². The minimum Gasteiger partial charge on any atom is -0.301 e. The fourth-order valence-electron chi connectivity index (χ4n) is 3.89. The van der Waals surface area contributed by atoms with Crippen molar-refractivity contribution in [2.75, 3.05) is 39.8 Å². The monoisotopic (exact) mass is 262 g/mol. The standard InChI is InChI=1S/C15H26N4/c1-17-15(11-16,13-5-6-13)12-18-8-9-19-7-3-2-4-14(19)10-18/h13-14,17H,2-10,12H2,1H3. The minimum absolute atomic E-state index is 0.295. The summed E-state index contributed by atoms with van der Waals surface area (Å²) in [5.41, 5.74) is -0.295. The van der Waals surface area contributed by atoms with Crippen molar-refractivity contribution < 1.29 is 0 Å². The van der Waals surface area contributed by atoms with Gasteiger partial charge in [-0.15, -0.1) is 0 Å². The molecule has 0 aromatic carbocycles. The van der Waals surface area contributed by atoms with Crippen LogP contribution in [0.25, 0.3) is 0 Å². The summed E-state index contributed by atoms with van der Waals surface area (Å²) in [6, 6.07) is 3.33. The third-order valence-corrected chi connectivity index (χ3v) is 5.31. The highest BCUT2D eigenvalue weighted by Crippen LogP contribution is 2.40. The number of nitrogens with zero attached hydrogens (tertiary/aromatic N) is 3. The molecule has 0 bridgehead atoms. The molecule has 3 aliphatic rings. The molecule has 2 unspecified atom stereocenters. The molecule has 4 nitrogen and oxygen atoms in total. The van der Waals surface area contributed by atoms with Crippen molar-refractivity contribution in [3.05, 3.63) is 0 Å². The molecule has 2 heterocycles. The summed E-state index contributed by atoms with van der Waals surface area (Å²) in [6.07, 6.45) is 6.54. The Morgan fingerprint density at radius 1 is 1.21 bits per heavy atom. The predicted octanol–water partition coefficient (Wildman–Crippen LogP) is 1.05. The number of hydrogen-bond donors (Lipinski definition) is 1. The van der Waals surface area contributed by atoms with Gasteiger partial charge in [0, 0.05) is 32.2 Å². The third-order valence-electron chi connectivity index (χ3n) is 5.31. The van der Waals surface area contributed by atoms with Crippen LogP contribution in [0, 0.1) is 17.2 Å². The molecule has 0 aromatic rings. The Bertz CT molecular complexity index is 360. The Kier molecular flexibility index (Phi) is 3.79. The van der Waals surface area contributed by atoms with Crippen molar-refractivity contribution in [1.82, 2.24) is 15.1 Å². The highest BCUT2D eigenvalue weighted by atomic mass is 15.3. The van der Waals surface area contributed by atoms with E-state index in [-0.39, 0.29) is 5.54 Å². The number of piperazine rings is 1. The Labute approximate surface area is 116 Å². The minimum atomic E-state index is -0.295. The van der Waals surface area contributed by atoms with Gasteiger partial charge in [0.25, 0.3) is 0 Å². The van der Waals surface area contributed by atoms with Gasteiger partial charge in [0.15, 0.2) is 0 Å². The molecular formula is C15H26N4. The molecule has 2 aliphatic heterocycles. The number of nitrogens with one attached hydrogen (secondary N) is 1. The summed E-state index contributed by atoms with van der Waals surface area (Å²) in [5, 5.41) is 12.9. The van der Waals surface area contributed by atoms with Gasteiger partial charge in [0.2, 0.25) is 0 Å². The quantitative estimate of drug-likeness (QED) is 0.822. The van der Waals surface area contributed by atoms with Crippen LogP contribution in [-0.4, -0.2) is 61.2 Å². The van der Waals surface area contributed by atoms with Crippen molar-refractivity contribution in [1.29, 1.82) is 5.26 Å². The van der Waals surface area contributed by atoms with Gasteiger partial charge in [-0.25, -0.2) is 0 Å². The molecule has 4 heteroatoms. The maximum atomic E-state index is 9.60. The van der Waals surface area contributed by atoms with Gasteiger partial charge < -0.3 is 5.32 Å². The number of piperidine rings is 1. The summed E-state index contributed by atoms with van der Waals surface area (Å²) < 4.78 is 0. The van der Waals surface area contributed by atoms with E-state index in [1.54, 1.807) is 0 Å². The Morgan fingerprint density at radius 2 is 2.05 bits per heavy atom. The Balaban J connectivity index is 1.62. The first-order chi connectivity index (χ1) is 9.27. The molecule has 2 atom stereocenters. The van der Waals surface area contributed by atoms with E-state index < -0.39 is 0 Å². The van der Waals surface area contributed by atoms with Crippen LogP contribution in [0.1, 0.15) is 32.1 Å². The summed E-state index contributed by atoms with van der Waals surface area (Å²) in [6.45, 7) is 5.69. The van der Waals surface area contributed by atoms with Crippen molar-refractivity contribution in [2.24, 2.45) is 5.92 Å². The van der Waals surface area contributed by atoms with Crippen LogP contribution in [0.15, 0.2) is 0 Å². The normalized spacial score (nSPS) is 32.3. The van der Waals surface area contributed by atoms with Crippen LogP contribution in [-0.2, 0) is 0 Å². The van der Waals surface area contributed by atoms with Gasteiger partial charge in [0.1, 0.15) is 5.54 Å². The van der Waals surface area contributed by atoms with Gasteiger partial charge in [-0.3, -0.25) is 9.80 Å². The van der Waals surface area contributed by atoms with Crippen molar-refractivity contribution in [3.63, 3.8) is 0 Å². The second kappa shape index (κ2) is 5.40. The first kappa shape index (κ1) is 13.4. The van der Waals surface area contributed by atoms with Crippen molar-refractivity contribution in [3.8, 4) is 6.07 Å². The van der Waals surface area contributed by atoms with E-state index >= 15 is 0 Å². The lowest BCUT2D eigenvalue weighted by atomic mass is 9.92. The van der Waals surface area contributed by atoms with Gasteiger partial charge in [-0.05, 0) is 45.2 Å². The van der Waals surface area contributed by atoms with E-state index in [2.05, 4.69) is 21.2 Å². The zero-order valence-electron chi connectivity index (χ0n) is 12.1. The lowest BCUT2D eigenvalue weighted by Gasteiger charge is -2.46. The average molecular weight is 262 g/mol. The Morgan fingerprint density at radius 3 is 2.74 bits per heavy atom. The fourth-order valence-corrected chi connectivity index (χ4v) is 3.89. The van der Waals surface area contributed by atoms with Crippen LogP contribution in [0.2, 0.25) is 0 Å². The van der Waals surface area contributed by atoms with E-state index in [0.717, 1.165) is 25.7 Å². The molecule has 0 spiro atoms. The number of nitriles is 1. The summed E-state index contributed by atoms with van der Waals surface area (Å²) in [5.74, 6) is 0.576. The van der Waals surface area contributed by atoms with Crippen LogP contribution in [0.5, 0.6) is 0 Å². The number of fused-ring (bicyclic) bond motifs is 1. The van der Waals surface area contributed by atoms with E-state index in [9.17, 15) is 5.26 Å². The average Bonchev–Trinajstić information content (AvgIpc) is 3.30. The first-order valence-electron chi connectivity index (χ1n) is 7.84. The fraction of sp³-hybridized carbons (Fsp3) is 0.933. The number of hydrogen-bond acceptors (Lipinski definition) is 4. The molecular weight excluding hydrogens is 236 g/mol. The number of likely N-dealkylation sites (N-methyl/N-ethyl adjacent to an activating group) is 1. The molecule has 0 amide bonds. The first-order valence-corrected chi connectivity index (χ1v) is 7.84. The molecule has 1 N–H and O–H groups in total. The zero-order chi connectivity index (χ0) is 13.3.